The molecule has 42 heavy (non-hydrogen) atoms. The summed E-state index contributed by atoms with van der Waals surface area (Å²) in [6.45, 7) is 5.21. The van der Waals surface area contributed by atoms with Crippen molar-refractivity contribution < 1.29 is 28.9 Å². The van der Waals surface area contributed by atoms with Crippen LogP contribution in [0.15, 0.2) is 41.3 Å². The van der Waals surface area contributed by atoms with Crippen molar-refractivity contribution in [3.05, 3.63) is 52.4 Å². The summed E-state index contributed by atoms with van der Waals surface area (Å²) in [6.07, 6.45) is 4.86. The maximum atomic E-state index is 13.7. The van der Waals surface area contributed by atoms with E-state index in [1.807, 2.05) is 36.0 Å². The third-order valence-corrected chi connectivity index (χ3v) is 8.21. The molecule has 3 unspecified atom stereocenters. The highest BCUT2D eigenvalue weighted by atomic mass is 16.7. The van der Waals surface area contributed by atoms with Gasteiger partial charge in [0.25, 0.3) is 0 Å². The van der Waals surface area contributed by atoms with Gasteiger partial charge < -0.3 is 33.7 Å². The molecule has 230 valence electrons. The quantitative estimate of drug-likeness (QED) is 0.338. The van der Waals surface area contributed by atoms with E-state index in [2.05, 4.69) is 11.8 Å². The fourth-order valence-electron chi connectivity index (χ4n) is 6.03. The molecule has 1 fully saturated rings. The van der Waals surface area contributed by atoms with Gasteiger partial charge in [-0.25, -0.2) is 0 Å². The average molecular weight is 585 g/mol. The number of hydrogen-bond donors (Lipinski definition) is 1. The maximum absolute atomic E-state index is 13.7. The molecule has 2 aliphatic rings. The van der Waals surface area contributed by atoms with Crippen LogP contribution in [0.25, 0.3) is 0 Å². The Bertz CT molecular complexity index is 1280. The van der Waals surface area contributed by atoms with Gasteiger partial charge in [0.05, 0.1) is 19.6 Å². The van der Waals surface area contributed by atoms with Crippen molar-refractivity contribution >= 4 is 11.9 Å². The number of fused-ring (bicyclic) bond motifs is 1. The van der Waals surface area contributed by atoms with Crippen LogP contribution in [0.3, 0.4) is 0 Å². The smallest absolute Gasteiger partial charge is 0.308 e. The van der Waals surface area contributed by atoms with Crippen LogP contribution in [0.2, 0.25) is 0 Å². The summed E-state index contributed by atoms with van der Waals surface area (Å²) in [6, 6.07) is 8.13. The van der Waals surface area contributed by atoms with Crippen molar-refractivity contribution in [2.75, 3.05) is 60.7 Å². The summed E-state index contributed by atoms with van der Waals surface area (Å²) in [4.78, 5) is 45.1. The topological polar surface area (TPSA) is 114 Å². The molecule has 0 saturated carbocycles. The number of amides is 1. The molecule has 1 N–H and O–H groups in total. The molecule has 1 saturated heterocycles. The van der Waals surface area contributed by atoms with E-state index < -0.39 is 23.8 Å². The molecule has 2 aromatic rings. The minimum absolute atomic E-state index is 0.00265. The number of unbranched alkanes of at least 4 members (excludes halogenated alkanes) is 1. The SMILES string of the molecule is CCCCN(CCCN(C)C)C(=O)CN1CC(c2cc(OC)c3c(c2)OCO3)C(C(=O)O)C1CCn1ccccc1=O. The molecule has 0 spiro atoms. The second-order valence-corrected chi connectivity index (χ2v) is 11.3. The normalized spacial score (nSPS) is 19.8. The van der Waals surface area contributed by atoms with Gasteiger partial charge in [-0.15, -0.1) is 0 Å². The maximum Gasteiger partial charge on any atom is 0.308 e. The third-order valence-electron chi connectivity index (χ3n) is 8.21. The molecule has 0 radical (unpaired) electrons. The van der Waals surface area contributed by atoms with E-state index in [0.717, 1.165) is 31.4 Å². The Balaban J connectivity index is 1.63. The number of carbonyl (C=O) groups excluding carboxylic acids is 1. The van der Waals surface area contributed by atoms with Crippen LogP contribution < -0.4 is 19.8 Å². The average Bonchev–Trinajstić information content (AvgIpc) is 3.58. The van der Waals surface area contributed by atoms with Crippen LogP contribution in [0, 0.1) is 5.92 Å². The Morgan fingerprint density at radius 2 is 1.90 bits per heavy atom. The lowest BCUT2D eigenvalue weighted by Gasteiger charge is -2.30. The van der Waals surface area contributed by atoms with E-state index in [0.29, 0.717) is 49.8 Å². The number of benzene rings is 1. The third kappa shape index (κ3) is 7.43. The number of aliphatic carboxylic acids is 1. The number of aromatic nitrogens is 1. The number of methoxy groups -OCH3 is 1. The van der Waals surface area contributed by atoms with Gasteiger partial charge in [0.1, 0.15) is 0 Å². The van der Waals surface area contributed by atoms with Crippen molar-refractivity contribution in [3.63, 3.8) is 0 Å². The first kappa shape index (κ1) is 31.4. The van der Waals surface area contributed by atoms with E-state index in [1.165, 1.54) is 13.2 Å². The van der Waals surface area contributed by atoms with Gasteiger partial charge in [0.15, 0.2) is 11.5 Å². The van der Waals surface area contributed by atoms with Crippen molar-refractivity contribution in [1.29, 1.82) is 0 Å². The minimum Gasteiger partial charge on any atom is -0.493 e. The number of pyridine rings is 1. The number of rotatable bonds is 15. The van der Waals surface area contributed by atoms with Crippen LogP contribution in [0.5, 0.6) is 17.2 Å². The lowest BCUT2D eigenvalue weighted by molar-refractivity contribution is -0.144. The van der Waals surface area contributed by atoms with Gasteiger partial charge in [-0.3, -0.25) is 19.3 Å². The first-order valence-corrected chi connectivity index (χ1v) is 14.8. The predicted molar refractivity (Wildman–Crippen MR) is 158 cm³/mol. The molecule has 11 nitrogen and oxygen atoms in total. The first-order chi connectivity index (χ1) is 20.2. The summed E-state index contributed by atoms with van der Waals surface area (Å²) in [5.74, 6) is -0.667. The second kappa shape index (κ2) is 14.6. The van der Waals surface area contributed by atoms with E-state index in [1.54, 1.807) is 22.9 Å². The van der Waals surface area contributed by atoms with Crippen LogP contribution in [-0.2, 0) is 16.1 Å². The largest absolute Gasteiger partial charge is 0.493 e. The zero-order valence-electron chi connectivity index (χ0n) is 25.2. The molecule has 1 aromatic carbocycles. The van der Waals surface area contributed by atoms with Crippen molar-refractivity contribution in [2.45, 2.75) is 51.1 Å². The highest BCUT2D eigenvalue weighted by Crippen LogP contribution is 2.47. The van der Waals surface area contributed by atoms with Crippen molar-refractivity contribution in [2.24, 2.45) is 5.92 Å². The fraction of sp³-hybridized carbons (Fsp3) is 0.581. The van der Waals surface area contributed by atoms with Crippen LogP contribution in [0.4, 0.5) is 0 Å². The molecule has 2 aliphatic heterocycles. The molecular formula is C31H44N4O7. The van der Waals surface area contributed by atoms with Crippen LogP contribution in [-0.4, -0.2) is 103 Å². The lowest BCUT2D eigenvalue weighted by Crippen LogP contribution is -2.45. The summed E-state index contributed by atoms with van der Waals surface area (Å²) >= 11 is 0. The molecule has 0 aliphatic carbocycles. The molecule has 11 heteroatoms. The van der Waals surface area contributed by atoms with Gasteiger partial charge in [-0.1, -0.05) is 19.4 Å². The zero-order chi connectivity index (χ0) is 30.2. The Labute approximate surface area is 247 Å². The summed E-state index contributed by atoms with van der Waals surface area (Å²) < 4.78 is 18.3. The first-order valence-electron chi connectivity index (χ1n) is 14.8. The number of likely N-dealkylation sites (tertiary alicyclic amines) is 1. The number of carboxylic acid groups (broad SMARTS) is 1. The summed E-state index contributed by atoms with van der Waals surface area (Å²) in [5, 5.41) is 10.6. The highest BCUT2D eigenvalue weighted by Gasteiger charge is 2.47. The molecule has 4 rings (SSSR count). The van der Waals surface area contributed by atoms with Gasteiger partial charge in [0.2, 0.25) is 24.0 Å². The van der Waals surface area contributed by atoms with Gasteiger partial charge in [-0.2, -0.15) is 0 Å². The molecule has 3 heterocycles. The highest BCUT2D eigenvalue weighted by molar-refractivity contribution is 5.79. The van der Waals surface area contributed by atoms with E-state index in [-0.39, 0.29) is 24.8 Å². The van der Waals surface area contributed by atoms with E-state index >= 15 is 0 Å². The van der Waals surface area contributed by atoms with Crippen LogP contribution in [0.1, 0.15) is 44.1 Å². The lowest BCUT2D eigenvalue weighted by atomic mass is 9.84. The van der Waals surface area contributed by atoms with E-state index in [4.69, 9.17) is 14.2 Å². The minimum atomic E-state index is -0.939. The fourth-order valence-corrected chi connectivity index (χ4v) is 6.03. The van der Waals surface area contributed by atoms with Crippen LogP contribution >= 0.6 is 0 Å². The second-order valence-electron chi connectivity index (χ2n) is 11.3. The molecule has 1 aromatic heterocycles. The number of aryl methyl sites for hydroxylation is 1. The molecule has 3 atom stereocenters. The Morgan fingerprint density at radius 3 is 2.60 bits per heavy atom. The van der Waals surface area contributed by atoms with Crippen molar-refractivity contribution in [1.82, 2.24) is 19.3 Å². The molecule has 0 bridgehead atoms. The zero-order valence-corrected chi connectivity index (χ0v) is 25.2. The molecular weight excluding hydrogens is 540 g/mol. The standard InChI is InChI=1S/C31H44N4O7/c1-5-6-13-33(15-9-12-32(2)3)28(37)20-35-19-23(22-17-25(40-4)30-26(18-22)41-21-42-30)29(31(38)39)24(35)11-16-34-14-8-7-10-27(34)36/h7-8,10,14,17-18,23-24,29H,5-6,9,11-13,15-16,19-21H2,1-4H3,(H,38,39). The predicted octanol–water partition coefficient (Wildman–Crippen LogP) is 2.72. The molecule has 1 amide bonds. The number of carbonyl (C=O) groups is 2. The number of ether oxygens (including phenoxy) is 3. The van der Waals surface area contributed by atoms with Gasteiger partial charge >= 0.3 is 5.97 Å². The summed E-state index contributed by atoms with van der Waals surface area (Å²) in [5.41, 5.74) is 0.614. The number of carboxylic acids is 1. The van der Waals surface area contributed by atoms with Gasteiger partial charge in [0, 0.05) is 50.4 Å². The van der Waals surface area contributed by atoms with E-state index in [9.17, 15) is 19.5 Å². The monoisotopic (exact) mass is 584 g/mol. The number of nitrogens with zero attached hydrogens (tertiary/aromatic N) is 4. The Kier molecular flexibility index (Phi) is 10.9. The Hall–Kier alpha value is -3.57. The number of hydrogen-bond acceptors (Lipinski definition) is 8. The summed E-state index contributed by atoms with van der Waals surface area (Å²) in [7, 11) is 5.57. The Morgan fingerprint density at radius 1 is 1.12 bits per heavy atom. The van der Waals surface area contributed by atoms with Gasteiger partial charge in [-0.05, 0) is 63.7 Å². The van der Waals surface area contributed by atoms with Crippen molar-refractivity contribution in [3.8, 4) is 17.2 Å².